The molecular formula is C17H17NO2. The molecule has 1 heterocycles. The van der Waals surface area contributed by atoms with Gasteiger partial charge in [-0.3, -0.25) is 9.78 Å². The summed E-state index contributed by atoms with van der Waals surface area (Å²) >= 11 is 0. The van der Waals surface area contributed by atoms with Gasteiger partial charge < -0.3 is 4.74 Å². The molecule has 3 rings (SSSR count). The fourth-order valence-electron chi connectivity index (χ4n) is 2.89. The van der Waals surface area contributed by atoms with E-state index in [1.165, 1.54) is 0 Å². The average molecular weight is 267 g/mol. The van der Waals surface area contributed by atoms with Gasteiger partial charge in [-0.05, 0) is 60.7 Å². The summed E-state index contributed by atoms with van der Waals surface area (Å²) in [5, 5.41) is 0. The van der Waals surface area contributed by atoms with Crippen LogP contribution in [0.1, 0.15) is 27.0 Å². The second-order valence-electron chi connectivity index (χ2n) is 5.30. The van der Waals surface area contributed by atoms with Gasteiger partial charge in [0.1, 0.15) is 5.75 Å². The molecule has 3 heteroatoms. The zero-order valence-corrected chi connectivity index (χ0v) is 11.7. The third-order valence-electron chi connectivity index (χ3n) is 3.95. The molecular weight excluding hydrogens is 250 g/mol. The molecule has 1 aromatic heterocycles. The molecule has 0 aliphatic heterocycles. The molecule has 0 saturated carbocycles. The molecule has 0 radical (unpaired) electrons. The minimum atomic E-state index is 0.0407. The lowest BCUT2D eigenvalue weighted by Crippen LogP contribution is -2.12. The van der Waals surface area contributed by atoms with Crippen LogP contribution in [0.5, 0.6) is 5.75 Å². The maximum atomic E-state index is 12.5. The Morgan fingerprint density at radius 2 is 2.05 bits per heavy atom. The number of rotatable bonds is 3. The third kappa shape index (κ3) is 2.20. The first kappa shape index (κ1) is 12.9. The highest BCUT2D eigenvalue weighted by molar-refractivity contribution is 6.02. The average Bonchev–Trinajstić information content (AvgIpc) is 2.76. The Morgan fingerprint density at radius 1 is 1.30 bits per heavy atom. The van der Waals surface area contributed by atoms with E-state index in [9.17, 15) is 4.79 Å². The van der Waals surface area contributed by atoms with Crippen LogP contribution in [0.3, 0.4) is 0 Å². The monoisotopic (exact) mass is 267 g/mol. The summed E-state index contributed by atoms with van der Waals surface area (Å²) < 4.78 is 5.34. The molecule has 0 amide bonds. The number of aryl methyl sites for hydroxylation is 1. The van der Waals surface area contributed by atoms with Gasteiger partial charge in [-0.25, -0.2) is 0 Å². The number of nitrogens with zero attached hydrogens (tertiary/aromatic N) is 1. The van der Waals surface area contributed by atoms with Gasteiger partial charge in [0.2, 0.25) is 0 Å². The smallest absolute Gasteiger partial charge is 0.166 e. The second kappa shape index (κ2) is 5.08. The highest BCUT2D eigenvalue weighted by atomic mass is 16.5. The normalized spacial score (nSPS) is 17.1. The Kier molecular flexibility index (Phi) is 3.26. The molecule has 0 fully saturated rings. The van der Waals surface area contributed by atoms with Gasteiger partial charge in [0.25, 0.3) is 0 Å². The molecule has 1 atom stereocenters. The standard InChI is InChI=1S/C17H17NO2/c1-11-7-15-13(10-16(11)20-2)9-14(17(15)19)8-12-3-5-18-6-4-12/h3-7,10,14H,8-9H2,1-2H3. The highest BCUT2D eigenvalue weighted by Crippen LogP contribution is 2.33. The molecule has 3 nitrogen and oxygen atoms in total. The van der Waals surface area contributed by atoms with Crippen LogP contribution in [0, 0.1) is 12.8 Å². The lowest BCUT2D eigenvalue weighted by molar-refractivity contribution is 0.0936. The van der Waals surface area contributed by atoms with Crippen LogP contribution >= 0.6 is 0 Å². The summed E-state index contributed by atoms with van der Waals surface area (Å²) in [5.41, 5.74) is 4.15. The first-order valence-electron chi connectivity index (χ1n) is 6.79. The fraction of sp³-hybridized carbons (Fsp3) is 0.294. The number of Topliss-reactive ketones (excluding diaryl/α,β-unsaturated/α-hetero) is 1. The number of methoxy groups -OCH3 is 1. The van der Waals surface area contributed by atoms with E-state index in [2.05, 4.69) is 4.98 Å². The van der Waals surface area contributed by atoms with Crippen LogP contribution in [0.25, 0.3) is 0 Å². The van der Waals surface area contributed by atoms with Crippen molar-refractivity contribution in [3.63, 3.8) is 0 Å². The van der Waals surface area contributed by atoms with Crippen LogP contribution in [0.15, 0.2) is 36.7 Å². The van der Waals surface area contributed by atoms with Crippen molar-refractivity contribution in [1.29, 1.82) is 0 Å². The Balaban J connectivity index is 1.87. The van der Waals surface area contributed by atoms with Crippen molar-refractivity contribution < 1.29 is 9.53 Å². The van der Waals surface area contributed by atoms with Crippen LogP contribution < -0.4 is 4.74 Å². The quantitative estimate of drug-likeness (QED) is 0.858. The molecule has 0 N–H and O–H groups in total. The van der Waals surface area contributed by atoms with Gasteiger partial charge >= 0.3 is 0 Å². The van der Waals surface area contributed by atoms with Gasteiger partial charge in [-0.15, -0.1) is 0 Å². The van der Waals surface area contributed by atoms with Crippen molar-refractivity contribution in [3.8, 4) is 5.75 Å². The zero-order chi connectivity index (χ0) is 14.1. The van der Waals surface area contributed by atoms with E-state index in [0.29, 0.717) is 0 Å². The first-order valence-corrected chi connectivity index (χ1v) is 6.79. The van der Waals surface area contributed by atoms with Crippen molar-refractivity contribution in [2.24, 2.45) is 5.92 Å². The Hall–Kier alpha value is -2.16. The van der Waals surface area contributed by atoms with Crippen molar-refractivity contribution in [1.82, 2.24) is 4.98 Å². The largest absolute Gasteiger partial charge is 0.496 e. The zero-order valence-electron chi connectivity index (χ0n) is 11.7. The number of carbonyl (C=O) groups is 1. The number of aromatic nitrogens is 1. The van der Waals surface area contributed by atoms with E-state index in [1.54, 1.807) is 19.5 Å². The maximum Gasteiger partial charge on any atom is 0.166 e. The van der Waals surface area contributed by atoms with Crippen molar-refractivity contribution >= 4 is 5.78 Å². The van der Waals surface area contributed by atoms with Crippen LogP contribution in [0.4, 0.5) is 0 Å². The van der Waals surface area contributed by atoms with Crippen LogP contribution in [0.2, 0.25) is 0 Å². The summed E-state index contributed by atoms with van der Waals surface area (Å²) in [7, 11) is 1.67. The summed E-state index contributed by atoms with van der Waals surface area (Å²) in [5.74, 6) is 1.16. The molecule has 2 aromatic rings. The molecule has 0 bridgehead atoms. The number of hydrogen-bond donors (Lipinski definition) is 0. The van der Waals surface area contributed by atoms with E-state index in [-0.39, 0.29) is 11.7 Å². The summed E-state index contributed by atoms with van der Waals surface area (Å²) in [4.78, 5) is 16.5. The van der Waals surface area contributed by atoms with E-state index >= 15 is 0 Å². The number of benzene rings is 1. The van der Waals surface area contributed by atoms with Gasteiger partial charge in [-0.2, -0.15) is 0 Å². The van der Waals surface area contributed by atoms with Gasteiger partial charge in [-0.1, -0.05) is 0 Å². The number of ketones is 1. The molecule has 1 aliphatic carbocycles. The van der Waals surface area contributed by atoms with E-state index in [4.69, 9.17) is 4.74 Å². The molecule has 1 aromatic carbocycles. The number of ether oxygens (including phenoxy) is 1. The summed E-state index contributed by atoms with van der Waals surface area (Å²) in [6.45, 7) is 1.97. The molecule has 1 unspecified atom stereocenters. The Labute approximate surface area is 118 Å². The van der Waals surface area contributed by atoms with Crippen molar-refractivity contribution in [3.05, 3.63) is 58.9 Å². The predicted molar refractivity (Wildman–Crippen MR) is 77.2 cm³/mol. The minimum absolute atomic E-state index is 0.0407. The Morgan fingerprint density at radius 3 is 2.75 bits per heavy atom. The SMILES string of the molecule is COc1cc2c(cc1C)C(=O)C(Cc1ccncc1)C2. The van der Waals surface area contributed by atoms with E-state index in [1.807, 2.05) is 31.2 Å². The van der Waals surface area contributed by atoms with E-state index < -0.39 is 0 Å². The number of pyridine rings is 1. The summed E-state index contributed by atoms with van der Waals surface area (Å²) in [6.07, 6.45) is 5.12. The van der Waals surface area contributed by atoms with Crippen LogP contribution in [-0.4, -0.2) is 17.9 Å². The Bertz CT molecular complexity index is 650. The van der Waals surface area contributed by atoms with Crippen molar-refractivity contribution in [2.45, 2.75) is 19.8 Å². The predicted octanol–water partition coefficient (Wildman–Crippen LogP) is 3.00. The van der Waals surface area contributed by atoms with E-state index in [0.717, 1.165) is 40.8 Å². The minimum Gasteiger partial charge on any atom is -0.496 e. The lowest BCUT2D eigenvalue weighted by Gasteiger charge is -2.07. The topological polar surface area (TPSA) is 39.2 Å². The fourth-order valence-corrected chi connectivity index (χ4v) is 2.89. The number of carbonyl (C=O) groups excluding carboxylic acids is 1. The highest BCUT2D eigenvalue weighted by Gasteiger charge is 2.31. The molecule has 1 aliphatic rings. The number of fused-ring (bicyclic) bond motifs is 1. The molecule has 0 saturated heterocycles. The molecule has 20 heavy (non-hydrogen) atoms. The molecule has 0 spiro atoms. The molecule has 102 valence electrons. The van der Waals surface area contributed by atoms with Crippen LogP contribution in [-0.2, 0) is 12.8 Å². The second-order valence-corrected chi connectivity index (χ2v) is 5.30. The van der Waals surface area contributed by atoms with Gasteiger partial charge in [0, 0.05) is 23.9 Å². The van der Waals surface area contributed by atoms with Gasteiger partial charge in [0.15, 0.2) is 5.78 Å². The maximum absolute atomic E-state index is 12.5. The third-order valence-corrected chi connectivity index (χ3v) is 3.95. The van der Waals surface area contributed by atoms with Crippen molar-refractivity contribution in [2.75, 3.05) is 7.11 Å². The number of hydrogen-bond acceptors (Lipinski definition) is 3. The van der Waals surface area contributed by atoms with Gasteiger partial charge in [0.05, 0.1) is 7.11 Å². The first-order chi connectivity index (χ1) is 9.69. The lowest BCUT2D eigenvalue weighted by atomic mass is 9.96. The summed E-state index contributed by atoms with van der Waals surface area (Å²) in [6, 6.07) is 7.92.